The highest BCUT2D eigenvalue weighted by Crippen LogP contribution is 2.37. The quantitative estimate of drug-likeness (QED) is 0.585. The molecule has 0 amide bonds. The first-order valence-corrected chi connectivity index (χ1v) is 13.7. The minimum Gasteiger partial charge on any atom is -0.486 e. The Morgan fingerprint density at radius 1 is 1.03 bits per heavy atom. The molecule has 2 saturated carbocycles. The van der Waals surface area contributed by atoms with Crippen LogP contribution in [0.1, 0.15) is 55.4 Å². The number of ether oxygens (including phenoxy) is 1. The normalized spacial score (nSPS) is 23.6. The smallest absolute Gasteiger partial charge is 0.227 e. The molecule has 1 aliphatic heterocycles. The Bertz CT molecular complexity index is 1120. The molecular weight excluding hydrogens is 440 g/mol. The summed E-state index contributed by atoms with van der Waals surface area (Å²) < 4.78 is 37.7. The number of sulfonamides is 1. The maximum absolute atomic E-state index is 12.6. The summed E-state index contributed by atoms with van der Waals surface area (Å²) >= 11 is 0. The van der Waals surface area contributed by atoms with Gasteiger partial charge in [0.25, 0.3) is 0 Å². The van der Waals surface area contributed by atoms with Gasteiger partial charge in [0.1, 0.15) is 12.0 Å². The molecule has 5 rings (SSSR count). The largest absolute Gasteiger partial charge is 0.486 e. The van der Waals surface area contributed by atoms with Crippen molar-refractivity contribution in [1.29, 1.82) is 0 Å². The molecular formula is C25H32N2O5S. The van der Waals surface area contributed by atoms with Gasteiger partial charge in [0.05, 0.1) is 19.4 Å². The van der Waals surface area contributed by atoms with Crippen LogP contribution >= 0.6 is 0 Å². The predicted molar refractivity (Wildman–Crippen MR) is 125 cm³/mol. The van der Waals surface area contributed by atoms with Crippen molar-refractivity contribution >= 4 is 10.0 Å². The van der Waals surface area contributed by atoms with Crippen LogP contribution in [0.25, 0.3) is 0 Å². The molecule has 8 heteroatoms. The molecule has 2 heterocycles. The summed E-state index contributed by atoms with van der Waals surface area (Å²) in [5.74, 6) is 1.21. The van der Waals surface area contributed by atoms with Gasteiger partial charge in [-0.15, -0.1) is 0 Å². The molecule has 1 aromatic carbocycles. The second-order valence-corrected chi connectivity index (χ2v) is 11.7. The van der Waals surface area contributed by atoms with Gasteiger partial charge < -0.3 is 9.15 Å². The number of rotatable bonds is 8. The van der Waals surface area contributed by atoms with Gasteiger partial charge in [0.15, 0.2) is 0 Å². The molecule has 0 spiro atoms. The maximum Gasteiger partial charge on any atom is 0.227 e. The van der Waals surface area contributed by atoms with Gasteiger partial charge in [0.2, 0.25) is 21.2 Å². The van der Waals surface area contributed by atoms with E-state index in [0.29, 0.717) is 24.8 Å². The SMILES string of the molecule is CS(=O)(=O)N(C1CCC(COc2coc(CN3Cc4ccccc4C3)cc2=O)CC1)C1CC1. The lowest BCUT2D eigenvalue weighted by molar-refractivity contribution is 0.158. The minimum absolute atomic E-state index is 0.102. The Hall–Kier alpha value is -2.16. The molecule has 3 aliphatic rings. The van der Waals surface area contributed by atoms with Crippen LogP contribution in [0.15, 0.2) is 45.8 Å². The molecule has 33 heavy (non-hydrogen) atoms. The van der Waals surface area contributed by atoms with E-state index < -0.39 is 10.0 Å². The van der Waals surface area contributed by atoms with E-state index in [-0.39, 0.29) is 23.3 Å². The van der Waals surface area contributed by atoms with E-state index in [4.69, 9.17) is 9.15 Å². The van der Waals surface area contributed by atoms with Crippen LogP contribution in [0.2, 0.25) is 0 Å². The lowest BCUT2D eigenvalue weighted by Crippen LogP contribution is -2.43. The van der Waals surface area contributed by atoms with E-state index >= 15 is 0 Å². The Kier molecular flexibility index (Phi) is 6.33. The van der Waals surface area contributed by atoms with E-state index in [2.05, 4.69) is 29.2 Å². The van der Waals surface area contributed by atoms with Crippen LogP contribution in [0.4, 0.5) is 0 Å². The molecule has 0 unspecified atom stereocenters. The molecule has 0 saturated heterocycles. The van der Waals surface area contributed by atoms with Gasteiger partial charge in [-0.2, -0.15) is 4.31 Å². The molecule has 0 radical (unpaired) electrons. The third-order valence-corrected chi connectivity index (χ3v) is 8.44. The summed E-state index contributed by atoms with van der Waals surface area (Å²) in [6.07, 6.45) is 8.23. The van der Waals surface area contributed by atoms with Crippen molar-refractivity contribution < 1.29 is 17.6 Å². The first-order valence-electron chi connectivity index (χ1n) is 11.9. The first kappa shape index (κ1) is 22.6. The monoisotopic (exact) mass is 472 g/mol. The van der Waals surface area contributed by atoms with Gasteiger partial charge in [0, 0.05) is 31.2 Å². The molecule has 0 atom stereocenters. The minimum atomic E-state index is -3.16. The number of nitrogens with zero attached hydrogens (tertiary/aromatic N) is 2. The zero-order valence-electron chi connectivity index (χ0n) is 19.1. The van der Waals surface area contributed by atoms with Crippen molar-refractivity contribution in [3.05, 3.63) is 63.7 Å². The lowest BCUT2D eigenvalue weighted by atomic mass is 9.86. The van der Waals surface area contributed by atoms with E-state index in [9.17, 15) is 13.2 Å². The third kappa shape index (κ3) is 5.34. The number of benzene rings is 1. The van der Waals surface area contributed by atoms with Crippen molar-refractivity contribution in [2.45, 2.75) is 70.2 Å². The Balaban J connectivity index is 1.11. The van der Waals surface area contributed by atoms with Crippen LogP contribution in [-0.2, 0) is 29.7 Å². The molecule has 0 N–H and O–H groups in total. The second-order valence-electron chi connectivity index (χ2n) is 9.80. The van der Waals surface area contributed by atoms with Crippen molar-refractivity contribution in [3.8, 4) is 5.75 Å². The summed E-state index contributed by atoms with van der Waals surface area (Å²) in [5, 5.41) is 0. The molecule has 2 fully saturated rings. The average molecular weight is 473 g/mol. The molecule has 1 aromatic heterocycles. The van der Waals surface area contributed by atoms with Gasteiger partial charge in [-0.3, -0.25) is 9.69 Å². The number of hydrogen-bond acceptors (Lipinski definition) is 6. The van der Waals surface area contributed by atoms with Gasteiger partial charge in [-0.1, -0.05) is 24.3 Å². The zero-order valence-corrected chi connectivity index (χ0v) is 19.9. The average Bonchev–Trinajstić information content (AvgIpc) is 3.51. The van der Waals surface area contributed by atoms with Crippen LogP contribution in [0.5, 0.6) is 5.75 Å². The highest BCUT2D eigenvalue weighted by Gasteiger charge is 2.41. The van der Waals surface area contributed by atoms with Gasteiger partial charge in [-0.25, -0.2) is 8.42 Å². The Morgan fingerprint density at radius 3 is 2.18 bits per heavy atom. The summed E-state index contributed by atoms with van der Waals surface area (Å²) in [6, 6.07) is 10.2. The molecule has 0 bridgehead atoms. The molecule has 2 aliphatic carbocycles. The zero-order chi connectivity index (χ0) is 23.0. The first-order chi connectivity index (χ1) is 15.9. The molecule has 7 nitrogen and oxygen atoms in total. The fraction of sp³-hybridized carbons (Fsp3) is 0.560. The van der Waals surface area contributed by atoms with Gasteiger partial charge in [-0.05, 0) is 55.6 Å². The van der Waals surface area contributed by atoms with Crippen LogP contribution in [-0.4, -0.2) is 42.6 Å². The predicted octanol–water partition coefficient (Wildman–Crippen LogP) is 3.52. The fourth-order valence-electron chi connectivity index (χ4n) is 5.30. The summed E-state index contributed by atoms with van der Waals surface area (Å²) in [4.78, 5) is 14.8. The number of fused-ring (bicyclic) bond motifs is 1. The summed E-state index contributed by atoms with van der Waals surface area (Å²) in [5.41, 5.74) is 2.50. The standard InChI is InChI=1S/C25H32N2O5S/c1-33(29,30)27(22-10-11-22)21-8-6-18(7-9-21)16-32-25-17-31-23(12-24(25)28)15-26-13-19-4-2-3-5-20(19)14-26/h2-5,12,17-18,21-22H,6-11,13-16H2,1H3. The molecule has 178 valence electrons. The summed E-state index contributed by atoms with van der Waals surface area (Å²) in [7, 11) is -3.16. The van der Waals surface area contributed by atoms with Gasteiger partial charge >= 0.3 is 0 Å². The van der Waals surface area contributed by atoms with Crippen molar-refractivity contribution in [1.82, 2.24) is 9.21 Å². The van der Waals surface area contributed by atoms with Crippen LogP contribution < -0.4 is 10.2 Å². The third-order valence-electron chi connectivity index (χ3n) is 7.08. The second kappa shape index (κ2) is 9.24. The number of hydrogen-bond donors (Lipinski definition) is 0. The van der Waals surface area contributed by atoms with Crippen molar-refractivity contribution in [2.75, 3.05) is 12.9 Å². The lowest BCUT2D eigenvalue weighted by Gasteiger charge is -2.35. The van der Waals surface area contributed by atoms with Crippen LogP contribution in [0, 0.1) is 5.92 Å². The van der Waals surface area contributed by atoms with Crippen molar-refractivity contribution in [3.63, 3.8) is 0 Å². The van der Waals surface area contributed by atoms with E-state index in [1.165, 1.54) is 29.7 Å². The van der Waals surface area contributed by atoms with Crippen molar-refractivity contribution in [2.24, 2.45) is 5.92 Å². The Labute approximate surface area is 195 Å². The highest BCUT2D eigenvalue weighted by molar-refractivity contribution is 7.88. The fourth-order valence-corrected chi connectivity index (χ4v) is 6.81. The topological polar surface area (TPSA) is 80.1 Å². The maximum atomic E-state index is 12.6. The van der Waals surface area contributed by atoms with E-state index in [1.807, 2.05) is 0 Å². The Morgan fingerprint density at radius 2 is 1.64 bits per heavy atom. The molecule has 2 aromatic rings. The summed E-state index contributed by atoms with van der Waals surface area (Å²) in [6.45, 7) is 2.77. The van der Waals surface area contributed by atoms with Crippen LogP contribution in [0.3, 0.4) is 0 Å². The van der Waals surface area contributed by atoms with E-state index in [0.717, 1.165) is 51.6 Å². The van der Waals surface area contributed by atoms with E-state index in [1.54, 1.807) is 4.31 Å². The highest BCUT2D eigenvalue weighted by atomic mass is 32.2.